The second-order valence-electron chi connectivity index (χ2n) is 4.78. The Morgan fingerprint density at radius 1 is 1.18 bits per heavy atom. The van der Waals surface area contributed by atoms with Gasteiger partial charge in [-0.15, -0.1) is 10.2 Å². The molecule has 22 heavy (non-hydrogen) atoms. The van der Waals surface area contributed by atoms with Gasteiger partial charge in [0.05, 0.1) is 10.7 Å². The quantitative estimate of drug-likeness (QED) is 0.606. The molecule has 0 fully saturated rings. The molecular weight excluding hydrogens is 346 g/mol. The van der Waals surface area contributed by atoms with E-state index in [-0.39, 0.29) is 0 Å². The second-order valence-corrected chi connectivity index (χ2v) is 5.63. The van der Waals surface area contributed by atoms with Crippen LogP contribution in [0.5, 0.6) is 0 Å². The van der Waals surface area contributed by atoms with Crippen molar-refractivity contribution in [2.24, 2.45) is 0 Å². The van der Waals surface area contributed by atoms with Crippen LogP contribution >= 0.6 is 15.9 Å². The lowest BCUT2D eigenvalue weighted by Crippen LogP contribution is -2.11. The van der Waals surface area contributed by atoms with Gasteiger partial charge in [0.15, 0.2) is 11.3 Å². The van der Waals surface area contributed by atoms with E-state index in [9.17, 15) is 0 Å². The molecule has 0 saturated heterocycles. The number of aromatic nitrogens is 6. The van der Waals surface area contributed by atoms with Gasteiger partial charge < -0.3 is 5.32 Å². The molecule has 0 aliphatic heterocycles. The average Bonchev–Trinajstić information content (AvgIpc) is 3.13. The molecule has 0 bridgehead atoms. The van der Waals surface area contributed by atoms with Gasteiger partial charge in [0.2, 0.25) is 0 Å². The van der Waals surface area contributed by atoms with Crippen LogP contribution in [0.2, 0.25) is 0 Å². The van der Waals surface area contributed by atoms with Gasteiger partial charge >= 0.3 is 0 Å². The number of hydrogen-bond acceptors (Lipinski definition) is 5. The summed E-state index contributed by atoms with van der Waals surface area (Å²) in [6.07, 6.45) is 6.23. The number of anilines is 1. The summed E-state index contributed by atoms with van der Waals surface area (Å²) < 4.78 is 4.64. The SMILES string of the molecule is Brc1cnn2c(NCCc3nnc4ccccn34)ccnc12. The van der Waals surface area contributed by atoms with E-state index in [1.807, 2.05) is 34.9 Å². The Bertz CT molecular complexity index is 943. The van der Waals surface area contributed by atoms with Gasteiger partial charge in [0.25, 0.3) is 0 Å². The third kappa shape index (κ3) is 2.21. The maximum Gasteiger partial charge on any atom is 0.171 e. The van der Waals surface area contributed by atoms with Crippen molar-refractivity contribution in [2.45, 2.75) is 6.42 Å². The molecule has 8 heteroatoms. The molecule has 0 aliphatic carbocycles. The second kappa shape index (κ2) is 5.38. The van der Waals surface area contributed by atoms with Crippen LogP contribution in [0, 0.1) is 0 Å². The van der Waals surface area contributed by atoms with Gasteiger partial charge in [0.1, 0.15) is 11.6 Å². The van der Waals surface area contributed by atoms with E-state index in [1.54, 1.807) is 16.9 Å². The first kappa shape index (κ1) is 13.2. The number of hydrogen-bond donors (Lipinski definition) is 1. The molecule has 0 saturated carbocycles. The Morgan fingerprint density at radius 2 is 2.14 bits per heavy atom. The van der Waals surface area contributed by atoms with Crippen LogP contribution in [-0.4, -0.2) is 35.7 Å². The maximum absolute atomic E-state index is 4.30. The summed E-state index contributed by atoms with van der Waals surface area (Å²) in [5.74, 6) is 1.82. The molecule has 0 atom stereocenters. The predicted octanol–water partition coefficient (Wildman–Crippen LogP) is 2.19. The molecule has 4 heterocycles. The molecule has 7 nitrogen and oxygen atoms in total. The largest absolute Gasteiger partial charge is 0.369 e. The molecule has 110 valence electrons. The first-order chi connectivity index (χ1) is 10.8. The zero-order valence-electron chi connectivity index (χ0n) is 11.5. The molecular formula is C14H12BrN7. The summed E-state index contributed by atoms with van der Waals surface area (Å²) in [4.78, 5) is 4.29. The normalized spacial score (nSPS) is 11.3. The summed E-state index contributed by atoms with van der Waals surface area (Å²) in [6.45, 7) is 0.728. The Kier molecular flexibility index (Phi) is 3.23. The number of halogens is 1. The van der Waals surface area contributed by atoms with Gasteiger partial charge in [-0.2, -0.15) is 9.61 Å². The van der Waals surface area contributed by atoms with Crippen molar-refractivity contribution in [3.8, 4) is 0 Å². The Balaban J connectivity index is 1.53. The Morgan fingerprint density at radius 3 is 3.09 bits per heavy atom. The lowest BCUT2D eigenvalue weighted by Gasteiger charge is -2.07. The van der Waals surface area contributed by atoms with E-state index >= 15 is 0 Å². The summed E-state index contributed by atoms with van der Waals surface area (Å²) in [5, 5.41) is 16.0. The highest BCUT2D eigenvalue weighted by atomic mass is 79.9. The van der Waals surface area contributed by atoms with Gasteiger partial charge in [0, 0.05) is 25.4 Å². The van der Waals surface area contributed by atoms with E-state index in [4.69, 9.17) is 0 Å². The third-order valence-corrected chi connectivity index (χ3v) is 3.96. The molecule has 4 aromatic rings. The lowest BCUT2D eigenvalue weighted by atomic mass is 10.4. The molecule has 0 radical (unpaired) electrons. The molecule has 0 unspecified atom stereocenters. The molecule has 0 spiro atoms. The fourth-order valence-corrected chi connectivity index (χ4v) is 2.72. The number of nitrogens with zero attached hydrogens (tertiary/aromatic N) is 6. The smallest absolute Gasteiger partial charge is 0.171 e. The van der Waals surface area contributed by atoms with Crippen LogP contribution < -0.4 is 5.32 Å². The fraction of sp³-hybridized carbons (Fsp3) is 0.143. The highest BCUT2D eigenvalue weighted by molar-refractivity contribution is 9.10. The van der Waals surface area contributed by atoms with Crippen LogP contribution in [0.15, 0.2) is 47.3 Å². The van der Waals surface area contributed by atoms with Crippen molar-refractivity contribution in [2.75, 3.05) is 11.9 Å². The molecule has 1 N–H and O–H groups in total. The van der Waals surface area contributed by atoms with Crippen molar-refractivity contribution in [1.82, 2.24) is 29.2 Å². The minimum atomic E-state index is 0.728. The minimum absolute atomic E-state index is 0.728. The fourth-order valence-electron chi connectivity index (χ4n) is 2.36. The molecule has 4 aromatic heterocycles. The standard InChI is InChI=1S/C14H12BrN7/c15-10-9-18-22-11(4-7-17-14(10)22)16-6-5-13-20-19-12-3-1-2-8-21(12)13/h1-4,7-9,16H,5-6H2. The van der Waals surface area contributed by atoms with Crippen molar-refractivity contribution in [3.63, 3.8) is 0 Å². The lowest BCUT2D eigenvalue weighted by molar-refractivity contribution is 0.854. The topological polar surface area (TPSA) is 72.4 Å². The van der Waals surface area contributed by atoms with Crippen LogP contribution in [0.3, 0.4) is 0 Å². The van der Waals surface area contributed by atoms with Gasteiger partial charge in [-0.3, -0.25) is 4.40 Å². The number of fused-ring (bicyclic) bond motifs is 2. The van der Waals surface area contributed by atoms with Crippen molar-refractivity contribution in [1.29, 1.82) is 0 Å². The molecule has 0 aliphatic rings. The number of rotatable bonds is 4. The van der Waals surface area contributed by atoms with E-state index in [2.05, 4.69) is 41.5 Å². The van der Waals surface area contributed by atoms with Crippen molar-refractivity contribution >= 4 is 33.0 Å². The summed E-state index contributed by atoms with van der Waals surface area (Å²) >= 11 is 3.43. The number of nitrogens with one attached hydrogen (secondary N) is 1. The summed E-state index contributed by atoms with van der Waals surface area (Å²) in [7, 11) is 0. The van der Waals surface area contributed by atoms with E-state index < -0.39 is 0 Å². The van der Waals surface area contributed by atoms with Crippen LogP contribution in [0.1, 0.15) is 5.82 Å². The monoisotopic (exact) mass is 357 g/mol. The maximum atomic E-state index is 4.30. The average molecular weight is 358 g/mol. The molecule has 0 aromatic carbocycles. The summed E-state index contributed by atoms with van der Waals surface area (Å²) in [6, 6.07) is 7.77. The van der Waals surface area contributed by atoms with Gasteiger partial charge in [-0.1, -0.05) is 6.07 Å². The van der Waals surface area contributed by atoms with Crippen molar-refractivity contribution < 1.29 is 0 Å². The van der Waals surface area contributed by atoms with E-state index in [1.165, 1.54) is 0 Å². The first-order valence-corrected chi connectivity index (χ1v) is 7.63. The van der Waals surface area contributed by atoms with Crippen LogP contribution in [0.25, 0.3) is 11.3 Å². The van der Waals surface area contributed by atoms with Gasteiger partial charge in [-0.25, -0.2) is 4.98 Å². The number of pyridine rings is 1. The van der Waals surface area contributed by atoms with Gasteiger partial charge in [-0.05, 0) is 34.1 Å². The minimum Gasteiger partial charge on any atom is -0.369 e. The zero-order valence-corrected chi connectivity index (χ0v) is 13.1. The Hall–Kier alpha value is -2.48. The van der Waals surface area contributed by atoms with Crippen LogP contribution in [0.4, 0.5) is 5.82 Å². The third-order valence-electron chi connectivity index (χ3n) is 3.40. The highest BCUT2D eigenvalue weighted by Gasteiger charge is 2.07. The van der Waals surface area contributed by atoms with Crippen LogP contribution in [-0.2, 0) is 6.42 Å². The first-order valence-electron chi connectivity index (χ1n) is 6.84. The summed E-state index contributed by atoms with van der Waals surface area (Å²) in [5.41, 5.74) is 1.65. The highest BCUT2D eigenvalue weighted by Crippen LogP contribution is 2.18. The predicted molar refractivity (Wildman–Crippen MR) is 85.9 cm³/mol. The Labute approximate surface area is 134 Å². The van der Waals surface area contributed by atoms with Crippen molar-refractivity contribution in [3.05, 3.63) is 53.2 Å². The zero-order chi connectivity index (χ0) is 14.9. The molecule has 4 rings (SSSR count). The molecule has 0 amide bonds. The van der Waals surface area contributed by atoms with E-state index in [0.717, 1.165) is 40.4 Å². The van der Waals surface area contributed by atoms with E-state index in [0.29, 0.717) is 0 Å².